The van der Waals surface area contributed by atoms with Crippen LogP contribution in [0.1, 0.15) is 28.4 Å². The van der Waals surface area contributed by atoms with Crippen molar-refractivity contribution in [1.82, 2.24) is 19.4 Å². The lowest BCUT2D eigenvalue weighted by atomic mass is 10.0. The van der Waals surface area contributed by atoms with Crippen LogP contribution in [0, 0.1) is 6.92 Å². The highest BCUT2D eigenvalue weighted by Crippen LogP contribution is 2.27. The number of rotatable bonds is 4. The number of carboxylic acid groups (broad SMARTS) is 1. The van der Waals surface area contributed by atoms with Crippen molar-refractivity contribution in [3.63, 3.8) is 0 Å². The highest BCUT2D eigenvalue weighted by molar-refractivity contribution is 5.88. The fraction of sp³-hybridized carbons (Fsp3) is 0.208. The molecule has 2 aromatic heterocycles. The molecule has 0 unspecified atom stereocenters. The molecular weight excluding hydrogens is 428 g/mol. The molecule has 4 aromatic rings. The van der Waals surface area contributed by atoms with E-state index in [1.807, 2.05) is 41.8 Å². The highest BCUT2D eigenvalue weighted by atomic mass is 35.5. The van der Waals surface area contributed by atoms with Crippen molar-refractivity contribution in [2.24, 2.45) is 0 Å². The Hall–Kier alpha value is -3.42. The smallest absolute Gasteiger partial charge is 0.335 e. The normalized spacial score (nSPS) is 15.6. The van der Waals surface area contributed by atoms with Crippen LogP contribution in [-0.2, 0) is 0 Å². The van der Waals surface area contributed by atoms with E-state index in [0.29, 0.717) is 5.65 Å². The molecule has 1 fully saturated rings. The first-order valence-electron chi connectivity index (χ1n) is 10.3. The summed E-state index contributed by atoms with van der Waals surface area (Å²) in [6.07, 6.45) is 2.63. The molecule has 32 heavy (non-hydrogen) atoms. The van der Waals surface area contributed by atoms with Gasteiger partial charge in [-0.25, -0.2) is 14.6 Å². The van der Waals surface area contributed by atoms with Crippen LogP contribution >= 0.6 is 12.4 Å². The number of carbonyl (C=O) groups is 1. The van der Waals surface area contributed by atoms with E-state index in [2.05, 4.69) is 10.3 Å². The molecule has 0 bridgehead atoms. The Labute approximate surface area is 190 Å². The van der Waals surface area contributed by atoms with Gasteiger partial charge in [-0.05, 0) is 73.0 Å². The van der Waals surface area contributed by atoms with E-state index in [1.165, 1.54) is 0 Å². The molecule has 0 amide bonds. The van der Waals surface area contributed by atoms with Crippen molar-refractivity contribution in [1.29, 1.82) is 0 Å². The first-order valence-corrected chi connectivity index (χ1v) is 10.3. The van der Waals surface area contributed by atoms with Gasteiger partial charge in [0.15, 0.2) is 5.65 Å². The number of carboxylic acids is 1. The monoisotopic (exact) mass is 450 g/mol. The molecule has 0 saturated carbocycles. The van der Waals surface area contributed by atoms with Crippen LogP contribution in [-0.4, -0.2) is 38.3 Å². The lowest BCUT2D eigenvalue weighted by molar-refractivity contribution is 0.0697. The summed E-state index contributed by atoms with van der Waals surface area (Å²) >= 11 is 0. The van der Waals surface area contributed by atoms with Crippen molar-refractivity contribution in [2.75, 3.05) is 13.1 Å². The molecule has 1 saturated heterocycles. The summed E-state index contributed by atoms with van der Waals surface area (Å²) in [4.78, 5) is 29.1. The van der Waals surface area contributed by atoms with Gasteiger partial charge < -0.3 is 10.4 Å². The van der Waals surface area contributed by atoms with E-state index in [1.54, 1.807) is 35.0 Å². The molecule has 7 nitrogen and oxygen atoms in total. The maximum absolute atomic E-state index is 13.5. The Balaban J connectivity index is 0.00000245. The molecule has 0 spiro atoms. The van der Waals surface area contributed by atoms with Crippen molar-refractivity contribution in [3.8, 4) is 16.8 Å². The summed E-state index contributed by atoms with van der Waals surface area (Å²) in [5, 5.41) is 12.4. The second-order valence-corrected chi connectivity index (χ2v) is 7.86. The number of hydrogen-bond acceptors (Lipinski definition) is 4. The van der Waals surface area contributed by atoms with Gasteiger partial charge in [0.25, 0.3) is 0 Å². The third-order valence-electron chi connectivity index (χ3n) is 5.93. The number of nitrogens with one attached hydrogen (secondary N) is 1. The van der Waals surface area contributed by atoms with Gasteiger partial charge in [-0.3, -0.25) is 9.13 Å². The zero-order chi connectivity index (χ0) is 21.5. The minimum atomic E-state index is -0.945. The fourth-order valence-corrected chi connectivity index (χ4v) is 4.36. The van der Waals surface area contributed by atoms with Gasteiger partial charge in [-0.1, -0.05) is 18.2 Å². The first-order chi connectivity index (χ1) is 15.0. The zero-order valence-corrected chi connectivity index (χ0v) is 18.3. The molecule has 1 aliphatic heterocycles. The van der Waals surface area contributed by atoms with Gasteiger partial charge in [-0.15, -0.1) is 12.4 Å². The summed E-state index contributed by atoms with van der Waals surface area (Å²) in [6.45, 7) is 3.64. The van der Waals surface area contributed by atoms with E-state index < -0.39 is 5.97 Å². The molecule has 1 atom stereocenters. The highest BCUT2D eigenvalue weighted by Gasteiger charge is 2.25. The Morgan fingerprint density at radius 2 is 1.88 bits per heavy atom. The number of aromatic nitrogens is 3. The third kappa shape index (κ3) is 3.59. The van der Waals surface area contributed by atoms with E-state index >= 15 is 0 Å². The lowest BCUT2D eigenvalue weighted by Gasteiger charge is -2.11. The number of nitrogens with zero attached hydrogens (tertiary/aromatic N) is 3. The molecule has 5 rings (SSSR count). The van der Waals surface area contributed by atoms with Crippen LogP contribution in [0.25, 0.3) is 28.0 Å². The zero-order valence-electron chi connectivity index (χ0n) is 17.5. The average molecular weight is 451 g/mol. The van der Waals surface area contributed by atoms with Gasteiger partial charge in [-0.2, -0.15) is 0 Å². The number of hydrogen-bond donors (Lipinski definition) is 2. The number of benzene rings is 2. The van der Waals surface area contributed by atoms with Crippen molar-refractivity contribution in [3.05, 3.63) is 82.4 Å². The number of aryl methyl sites for hydroxylation is 1. The van der Waals surface area contributed by atoms with Crippen LogP contribution in [0.4, 0.5) is 0 Å². The summed E-state index contributed by atoms with van der Waals surface area (Å²) in [5.74, 6) is -0.945. The minimum Gasteiger partial charge on any atom is -0.478 e. The predicted octanol–water partition coefficient (Wildman–Crippen LogP) is 3.82. The Morgan fingerprint density at radius 3 is 2.53 bits per heavy atom. The SMILES string of the molecule is Cc1cc(-c2ccc(C(=O)O)cc2)ccc1-n1c(=O)n([C@@H]2CCNC2)c2ncccc21.Cl. The molecule has 0 radical (unpaired) electrons. The third-order valence-corrected chi connectivity index (χ3v) is 5.93. The second-order valence-electron chi connectivity index (χ2n) is 7.86. The number of imidazole rings is 1. The number of halogens is 1. The minimum absolute atomic E-state index is 0. The Kier molecular flexibility index (Phi) is 5.86. The van der Waals surface area contributed by atoms with E-state index in [9.17, 15) is 9.59 Å². The molecule has 0 aliphatic carbocycles. The van der Waals surface area contributed by atoms with Crippen LogP contribution in [0.3, 0.4) is 0 Å². The van der Waals surface area contributed by atoms with Crippen LogP contribution < -0.4 is 11.0 Å². The van der Waals surface area contributed by atoms with E-state index in [-0.39, 0.29) is 29.7 Å². The van der Waals surface area contributed by atoms with Crippen LogP contribution in [0.5, 0.6) is 0 Å². The summed E-state index contributed by atoms with van der Waals surface area (Å²) in [7, 11) is 0. The predicted molar refractivity (Wildman–Crippen MR) is 126 cm³/mol. The Bertz CT molecular complexity index is 1350. The molecule has 1 aliphatic rings. The Morgan fingerprint density at radius 1 is 1.12 bits per heavy atom. The van der Waals surface area contributed by atoms with Gasteiger partial charge in [0.05, 0.1) is 22.8 Å². The molecule has 8 heteroatoms. The topological polar surface area (TPSA) is 89.1 Å². The number of pyridine rings is 1. The van der Waals surface area contributed by atoms with E-state index in [4.69, 9.17) is 5.11 Å². The maximum Gasteiger partial charge on any atom is 0.335 e. The average Bonchev–Trinajstić information content (AvgIpc) is 3.39. The van der Waals surface area contributed by atoms with Crippen molar-refractivity contribution in [2.45, 2.75) is 19.4 Å². The lowest BCUT2D eigenvalue weighted by Crippen LogP contribution is -2.28. The van der Waals surface area contributed by atoms with Crippen LogP contribution in [0.2, 0.25) is 0 Å². The van der Waals surface area contributed by atoms with Crippen molar-refractivity contribution < 1.29 is 9.90 Å². The summed E-state index contributed by atoms with van der Waals surface area (Å²) in [5.41, 5.74) is 5.33. The van der Waals surface area contributed by atoms with Gasteiger partial charge in [0.1, 0.15) is 0 Å². The molecule has 164 valence electrons. The number of fused-ring (bicyclic) bond motifs is 1. The standard InChI is InChI=1S/C24H22N4O3.ClH/c1-15-13-18(16-4-6-17(7-5-16)23(29)30)8-9-20(15)28-21-3-2-11-26-22(21)27(24(28)31)19-10-12-25-14-19;/h2-9,11,13,19,25H,10,12,14H2,1H3,(H,29,30);1H/t19-;/m1./s1. The van der Waals surface area contributed by atoms with E-state index in [0.717, 1.165) is 47.4 Å². The largest absolute Gasteiger partial charge is 0.478 e. The van der Waals surface area contributed by atoms with Crippen LogP contribution in [0.15, 0.2) is 65.6 Å². The van der Waals surface area contributed by atoms with Gasteiger partial charge in [0, 0.05) is 12.7 Å². The molecule has 3 heterocycles. The summed E-state index contributed by atoms with van der Waals surface area (Å²) < 4.78 is 3.56. The van der Waals surface area contributed by atoms with Gasteiger partial charge >= 0.3 is 11.7 Å². The molecule has 2 aromatic carbocycles. The number of aromatic carboxylic acids is 1. The van der Waals surface area contributed by atoms with Crippen molar-refractivity contribution >= 4 is 29.5 Å². The summed E-state index contributed by atoms with van der Waals surface area (Å²) in [6, 6.07) is 16.6. The second kappa shape index (κ2) is 8.61. The first kappa shape index (κ1) is 21.8. The molecule has 2 N–H and O–H groups in total. The quantitative estimate of drug-likeness (QED) is 0.493. The van der Waals surface area contributed by atoms with Gasteiger partial charge in [0.2, 0.25) is 0 Å². The molecular formula is C24H23ClN4O3. The maximum atomic E-state index is 13.5. The fourth-order valence-electron chi connectivity index (χ4n) is 4.36.